The van der Waals surface area contributed by atoms with E-state index >= 15 is 0 Å². The Morgan fingerprint density at radius 2 is 1.77 bits per heavy atom. The molecule has 4 nitrogen and oxygen atoms in total. The van der Waals surface area contributed by atoms with Crippen LogP contribution in [0.4, 0.5) is 0 Å². The predicted octanol–water partition coefficient (Wildman–Crippen LogP) is 4.90. The average Bonchev–Trinajstić information content (AvgIpc) is 2.51. The summed E-state index contributed by atoms with van der Waals surface area (Å²) in [7, 11) is 1.04. The van der Waals surface area contributed by atoms with Crippen LogP contribution in [-0.2, 0) is 20.4 Å². The average molecular weight is 377 g/mol. The molecule has 0 heterocycles. The Labute approximate surface area is 158 Å². The highest BCUT2D eigenvalue weighted by Crippen LogP contribution is 2.43. The number of carbonyl (C=O) groups excluding carboxylic acids is 1. The number of rotatable bonds is 4. The van der Waals surface area contributed by atoms with Crippen LogP contribution in [0, 0.1) is 6.92 Å². The van der Waals surface area contributed by atoms with Crippen LogP contribution in [0.2, 0.25) is 18.1 Å². The van der Waals surface area contributed by atoms with Crippen molar-refractivity contribution in [2.24, 2.45) is 0 Å². The molecule has 2 rings (SSSR count). The van der Waals surface area contributed by atoms with E-state index in [-0.39, 0.29) is 17.1 Å². The molecule has 0 aromatic heterocycles. The number of carbonyl (C=O) groups is 1. The summed E-state index contributed by atoms with van der Waals surface area (Å²) in [5, 5.41) is 0.0622. The summed E-state index contributed by atoms with van der Waals surface area (Å²) in [5.41, 5.74) is 4.80. The number of ether oxygens (including phenoxy) is 2. The van der Waals surface area contributed by atoms with Crippen molar-refractivity contribution < 1.29 is 18.7 Å². The molecule has 0 amide bonds. The van der Waals surface area contributed by atoms with Gasteiger partial charge in [0.2, 0.25) is 0 Å². The predicted molar refractivity (Wildman–Crippen MR) is 108 cm³/mol. The molecule has 0 bridgehead atoms. The molecule has 0 fully saturated rings. The topological polar surface area (TPSA) is 44.8 Å². The van der Waals surface area contributed by atoms with Gasteiger partial charge in [0, 0.05) is 12.0 Å². The standard InChI is InChI=1S/C21H32O4Si/c1-13-10-15-12-17(25-26(8,9)21(3,4)5)19(20(22)24-7)14(2)18(15)16(11-13)23-6/h10-11,17H,12H2,1-9H3. The first kappa shape index (κ1) is 20.7. The molecule has 0 spiro atoms. The van der Waals surface area contributed by atoms with Crippen molar-refractivity contribution in [3.8, 4) is 5.75 Å². The van der Waals surface area contributed by atoms with Gasteiger partial charge in [-0.3, -0.25) is 0 Å². The van der Waals surface area contributed by atoms with E-state index in [1.165, 1.54) is 7.11 Å². The number of hydrogen-bond acceptors (Lipinski definition) is 4. The van der Waals surface area contributed by atoms with E-state index in [9.17, 15) is 4.79 Å². The lowest BCUT2D eigenvalue weighted by atomic mass is 9.83. The smallest absolute Gasteiger partial charge is 0.336 e. The van der Waals surface area contributed by atoms with Crippen LogP contribution in [0.3, 0.4) is 0 Å². The lowest BCUT2D eigenvalue weighted by Gasteiger charge is -2.41. The second-order valence-corrected chi connectivity index (χ2v) is 13.4. The van der Waals surface area contributed by atoms with Gasteiger partial charge >= 0.3 is 5.97 Å². The molecule has 1 aliphatic rings. The Morgan fingerprint density at radius 3 is 2.27 bits per heavy atom. The van der Waals surface area contributed by atoms with Crippen molar-refractivity contribution in [2.75, 3.05) is 14.2 Å². The zero-order valence-electron chi connectivity index (χ0n) is 17.6. The molecular formula is C21H32O4Si. The summed E-state index contributed by atoms with van der Waals surface area (Å²) in [6.45, 7) is 15.1. The van der Waals surface area contributed by atoms with Crippen LogP contribution in [-0.4, -0.2) is 34.6 Å². The van der Waals surface area contributed by atoms with Gasteiger partial charge in [0.15, 0.2) is 8.32 Å². The van der Waals surface area contributed by atoms with Gasteiger partial charge in [-0.05, 0) is 54.7 Å². The summed E-state index contributed by atoms with van der Waals surface area (Å²) in [6, 6.07) is 4.17. The SMILES string of the molecule is COC(=O)C1=C(C)c2c(cc(C)cc2OC)CC1O[Si](C)(C)C(C)(C)C. The van der Waals surface area contributed by atoms with E-state index < -0.39 is 8.32 Å². The Hall–Kier alpha value is -1.59. The minimum atomic E-state index is -2.05. The quantitative estimate of drug-likeness (QED) is 0.554. The molecule has 26 heavy (non-hydrogen) atoms. The van der Waals surface area contributed by atoms with Crippen molar-refractivity contribution in [1.82, 2.24) is 0 Å². The van der Waals surface area contributed by atoms with Crippen molar-refractivity contribution in [3.05, 3.63) is 34.4 Å². The fourth-order valence-corrected chi connectivity index (χ4v) is 4.54. The van der Waals surface area contributed by atoms with Crippen LogP contribution in [0.1, 0.15) is 44.4 Å². The van der Waals surface area contributed by atoms with Gasteiger partial charge < -0.3 is 13.9 Å². The van der Waals surface area contributed by atoms with Crippen molar-refractivity contribution >= 4 is 19.9 Å². The third-order valence-corrected chi connectivity index (χ3v) is 10.2. The molecule has 144 valence electrons. The number of benzene rings is 1. The maximum absolute atomic E-state index is 12.6. The van der Waals surface area contributed by atoms with Crippen LogP contribution in [0.5, 0.6) is 5.75 Å². The van der Waals surface area contributed by atoms with Gasteiger partial charge in [-0.1, -0.05) is 26.8 Å². The fourth-order valence-electron chi connectivity index (χ4n) is 3.28. The van der Waals surface area contributed by atoms with Crippen LogP contribution in [0.15, 0.2) is 17.7 Å². The van der Waals surface area contributed by atoms with Gasteiger partial charge in [-0.15, -0.1) is 0 Å². The summed E-state index contributed by atoms with van der Waals surface area (Å²) in [5.74, 6) is 0.476. The molecule has 0 saturated carbocycles. The van der Waals surface area contributed by atoms with Crippen LogP contribution < -0.4 is 4.74 Å². The molecule has 0 saturated heterocycles. The van der Waals surface area contributed by atoms with Crippen molar-refractivity contribution in [3.63, 3.8) is 0 Å². The van der Waals surface area contributed by atoms with Crippen LogP contribution >= 0.6 is 0 Å². The molecule has 1 atom stereocenters. The molecule has 1 aromatic rings. The first-order valence-electron chi connectivity index (χ1n) is 9.07. The molecule has 1 unspecified atom stereocenters. The monoisotopic (exact) mass is 376 g/mol. The second kappa shape index (κ2) is 7.20. The Morgan fingerprint density at radius 1 is 1.15 bits per heavy atom. The normalized spacial score (nSPS) is 17.8. The van der Waals surface area contributed by atoms with E-state index in [0.717, 1.165) is 28.0 Å². The summed E-state index contributed by atoms with van der Waals surface area (Å²) >= 11 is 0. The maximum atomic E-state index is 12.6. The lowest BCUT2D eigenvalue weighted by Crippen LogP contribution is -2.46. The van der Waals surface area contributed by atoms with E-state index in [2.05, 4.69) is 46.9 Å². The molecule has 0 aliphatic heterocycles. The van der Waals surface area contributed by atoms with Gasteiger partial charge in [0.25, 0.3) is 0 Å². The van der Waals surface area contributed by atoms with Crippen molar-refractivity contribution in [1.29, 1.82) is 0 Å². The molecule has 0 N–H and O–H groups in total. The fraction of sp³-hybridized carbons (Fsp3) is 0.571. The highest BCUT2D eigenvalue weighted by molar-refractivity contribution is 6.74. The number of methoxy groups -OCH3 is 2. The zero-order chi connectivity index (χ0) is 19.9. The Balaban J connectivity index is 2.62. The minimum absolute atomic E-state index is 0.0622. The van der Waals surface area contributed by atoms with Gasteiger partial charge in [-0.2, -0.15) is 0 Å². The number of allylic oxidation sites excluding steroid dienone is 1. The molecule has 1 aromatic carbocycles. The molecule has 1 aliphatic carbocycles. The van der Waals surface area contributed by atoms with Crippen LogP contribution in [0.25, 0.3) is 5.57 Å². The first-order valence-corrected chi connectivity index (χ1v) is 12.0. The summed E-state index contributed by atoms with van der Waals surface area (Å²) in [4.78, 5) is 12.6. The largest absolute Gasteiger partial charge is 0.496 e. The highest BCUT2D eigenvalue weighted by Gasteiger charge is 2.42. The molecule has 5 heteroatoms. The lowest BCUT2D eigenvalue weighted by molar-refractivity contribution is -0.137. The Kier molecular flexibility index (Phi) is 5.73. The summed E-state index contributed by atoms with van der Waals surface area (Å²) in [6.07, 6.45) is 0.365. The van der Waals surface area contributed by atoms with E-state index in [0.29, 0.717) is 12.0 Å². The van der Waals surface area contributed by atoms with Crippen molar-refractivity contribution in [2.45, 2.75) is 65.3 Å². The van der Waals surface area contributed by atoms with Gasteiger partial charge in [-0.25, -0.2) is 4.79 Å². The Bertz CT molecular complexity index is 741. The zero-order valence-corrected chi connectivity index (χ0v) is 18.6. The third-order valence-electron chi connectivity index (χ3n) is 5.70. The van der Waals surface area contributed by atoms with Gasteiger partial charge in [0.1, 0.15) is 5.75 Å². The van der Waals surface area contributed by atoms with Gasteiger partial charge in [0.05, 0.1) is 25.9 Å². The minimum Gasteiger partial charge on any atom is -0.496 e. The second-order valence-electron chi connectivity index (χ2n) is 8.60. The summed E-state index contributed by atoms with van der Waals surface area (Å²) < 4.78 is 17.4. The third kappa shape index (κ3) is 3.74. The number of fused-ring (bicyclic) bond motifs is 1. The van der Waals surface area contributed by atoms with E-state index in [1.807, 2.05) is 13.0 Å². The number of aryl methyl sites for hydroxylation is 1. The molecular weight excluding hydrogens is 344 g/mol. The maximum Gasteiger partial charge on any atom is 0.336 e. The van der Waals surface area contributed by atoms with E-state index in [4.69, 9.17) is 13.9 Å². The number of esters is 1. The first-order chi connectivity index (χ1) is 11.9. The van der Waals surface area contributed by atoms with E-state index in [1.54, 1.807) is 7.11 Å². The molecule has 0 radical (unpaired) electrons. The number of hydrogen-bond donors (Lipinski definition) is 0. The highest BCUT2D eigenvalue weighted by atomic mass is 28.4.